The molecule has 3 heterocycles. The molecule has 2 saturated carbocycles. The summed E-state index contributed by atoms with van der Waals surface area (Å²) >= 11 is 0. The summed E-state index contributed by atoms with van der Waals surface area (Å²) in [7, 11) is 2.15. The summed E-state index contributed by atoms with van der Waals surface area (Å²) < 4.78 is 20.1. The Hall–Kier alpha value is -3.20. The van der Waals surface area contributed by atoms with Crippen LogP contribution in [0.25, 0.3) is 49.0 Å². The Kier molecular flexibility index (Phi) is 3.53. The predicted octanol–water partition coefficient (Wildman–Crippen LogP) is 7.47. The molecule has 0 spiro atoms. The normalized spacial score (nSPS) is 22.5. The molecule has 2 aliphatic rings. The van der Waals surface area contributed by atoms with Crippen molar-refractivity contribution in [2.24, 2.45) is 18.9 Å². The highest BCUT2D eigenvalue weighted by atomic mass is 19.1. The van der Waals surface area contributed by atoms with E-state index in [0.717, 1.165) is 33.6 Å². The zero-order chi connectivity index (χ0) is 22.9. The SMILES string of the molecule is Cc1cc2c3cccc(F)c3n3c4cc(C5CC6CCC5C6)cc5cc[n+](C)c(c(c1C)c23)c54. The lowest BCUT2D eigenvalue weighted by Crippen LogP contribution is -2.29. The molecule has 34 heavy (non-hydrogen) atoms. The summed E-state index contributed by atoms with van der Waals surface area (Å²) in [5.41, 5.74) is 8.27. The summed E-state index contributed by atoms with van der Waals surface area (Å²) in [4.78, 5) is 0. The van der Waals surface area contributed by atoms with Crippen LogP contribution in [0.1, 0.15) is 48.3 Å². The van der Waals surface area contributed by atoms with Gasteiger partial charge in [0.2, 0.25) is 5.52 Å². The van der Waals surface area contributed by atoms with Gasteiger partial charge in [0.25, 0.3) is 0 Å². The van der Waals surface area contributed by atoms with Gasteiger partial charge in [0.05, 0.1) is 27.3 Å². The number of hydrogen-bond donors (Lipinski definition) is 0. The summed E-state index contributed by atoms with van der Waals surface area (Å²) in [5.74, 6) is 2.21. The van der Waals surface area contributed by atoms with Crippen LogP contribution in [0.2, 0.25) is 0 Å². The first kappa shape index (κ1) is 19.1. The zero-order valence-corrected chi connectivity index (χ0v) is 20.0. The van der Waals surface area contributed by atoms with E-state index >= 15 is 4.39 Å². The van der Waals surface area contributed by atoms with Crippen LogP contribution in [0.4, 0.5) is 4.39 Å². The second-order valence-corrected chi connectivity index (χ2v) is 11.1. The third-order valence-electron chi connectivity index (χ3n) is 9.42. The van der Waals surface area contributed by atoms with Crippen LogP contribution in [-0.4, -0.2) is 4.40 Å². The lowest BCUT2D eigenvalue weighted by Gasteiger charge is -2.23. The average molecular weight is 448 g/mol. The number of halogens is 1. The van der Waals surface area contributed by atoms with Gasteiger partial charge in [-0.3, -0.25) is 0 Å². The number of fused-ring (bicyclic) bond motifs is 7. The van der Waals surface area contributed by atoms with Crippen molar-refractivity contribution in [2.75, 3.05) is 0 Å². The monoisotopic (exact) mass is 447 g/mol. The van der Waals surface area contributed by atoms with Crippen molar-refractivity contribution in [3.8, 4) is 0 Å². The Morgan fingerprint density at radius 2 is 1.82 bits per heavy atom. The summed E-state index contributed by atoms with van der Waals surface area (Å²) in [6, 6.07) is 14.9. The van der Waals surface area contributed by atoms with Crippen LogP contribution in [0, 0.1) is 31.5 Å². The first-order valence-electron chi connectivity index (χ1n) is 12.7. The van der Waals surface area contributed by atoms with Crippen molar-refractivity contribution in [2.45, 2.75) is 45.4 Å². The topological polar surface area (TPSA) is 8.29 Å². The third kappa shape index (κ3) is 2.19. The van der Waals surface area contributed by atoms with Crippen molar-refractivity contribution in [1.82, 2.24) is 4.40 Å². The van der Waals surface area contributed by atoms with Gasteiger partial charge in [-0.25, -0.2) is 8.96 Å². The number of nitrogens with zero attached hydrogens (tertiary/aromatic N) is 2. The van der Waals surface area contributed by atoms with Crippen LogP contribution in [-0.2, 0) is 7.05 Å². The van der Waals surface area contributed by atoms with Gasteiger partial charge in [-0.2, -0.15) is 0 Å². The van der Waals surface area contributed by atoms with Gasteiger partial charge in [-0.1, -0.05) is 24.6 Å². The maximum atomic E-state index is 15.6. The van der Waals surface area contributed by atoms with E-state index in [1.807, 2.05) is 6.07 Å². The van der Waals surface area contributed by atoms with E-state index in [-0.39, 0.29) is 5.82 Å². The molecule has 3 heteroatoms. The molecule has 3 unspecified atom stereocenters. The molecular weight excluding hydrogens is 419 g/mol. The van der Waals surface area contributed by atoms with E-state index < -0.39 is 0 Å². The second-order valence-electron chi connectivity index (χ2n) is 11.1. The molecule has 3 aromatic carbocycles. The van der Waals surface area contributed by atoms with Crippen LogP contribution < -0.4 is 4.57 Å². The molecule has 3 atom stereocenters. The van der Waals surface area contributed by atoms with E-state index in [2.05, 4.69) is 66.4 Å². The molecule has 2 nitrogen and oxygen atoms in total. The minimum absolute atomic E-state index is 0.141. The van der Waals surface area contributed by atoms with Gasteiger partial charge in [-0.05, 0) is 91.1 Å². The van der Waals surface area contributed by atoms with Crippen LogP contribution in [0.3, 0.4) is 0 Å². The van der Waals surface area contributed by atoms with Gasteiger partial charge in [0.1, 0.15) is 12.9 Å². The number of aromatic nitrogens is 2. The predicted molar refractivity (Wildman–Crippen MR) is 137 cm³/mol. The number of pyridine rings is 2. The lowest BCUT2D eigenvalue weighted by molar-refractivity contribution is -0.643. The quantitative estimate of drug-likeness (QED) is 0.140. The largest absolute Gasteiger partial charge is 0.305 e. The number of aryl methyl sites for hydroxylation is 3. The van der Waals surface area contributed by atoms with Crippen LogP contribution >= 0.6 is 0 Å². The Bertz CT molecular complexity index is 1830. The van der Waals surface area contributed by atoms with Gasteiger partial charge in [-0.15, -0.1) is 0 Å². The number of rotatable bonds is 1. The van der Waals surface area contributed by atoms with Crippen molar-refractivity contribution in [3.05, 3.63) is 71.2 Å². The van der Waals surface area contributed by atoms with Crippen molar-refractivity contribution in [1.29, 1.82) is 0 Å². The van der Waals surface area contributed by atoms with Crippen molar-refractivity contribution < 1.29 is 8.96 Å². The fourth-order valence-electron chi connectivity index (χ4n) is 7.79. The highest BCUT2D eigenvalue weighted by Crippen LogP contribution is 2.54. The molecule has 0 N–H and O–H groups in total. The minimum atomic E-state index is -0.141. The Balaban J connectivity index is 1.66. The molecule has 6 aromatic rings. The molecular formula is C31H28FN2+. The summed E-state index contributed by atoms with van der Waals surface area (Å²) in [6.07, 6.45) is 7.68. The van der Waals surface area contributed by atoms with E-state index in [1.165, 1.54) is 64.0 Å². The summed E-state index contributed by atoms with van der Waals surface area (Å²) in [5, 5.41) is 5.94. The second kappa shape index (κ2) is 6.27. The molecule has 2 fully saturated rings. The van der Waals surface area contributed by atoms with E-state index in [9.17, 15) is 0 Å². The van der Waals surface area contributed by atoms with Crippen molar-refractivity contribution in [3.63, 3.8) is 0 Å². The molecule has 2 aliphatic carbocycles. The standard InChI is InChI=1S/C31H28FN2/c1-16-11-24-22-5-4-6-25(32)29(22)34-26-15-21(23-13-18-7-8-19(23)12-18)14-20-9-10-33(3)31(28(20)26)27(17(16)2)30(24)34/h4-6,9-11,14-15,18-19,23H,7-8,12-13H2,1-3H3/q+1. The molecule has 2 bridgehead atoms. The molecule has 0 amide bonds. The molecule has 168 valence electrons. The van der Waals surface area contributed by atoms with Crippen molar-refractivity contribution >= 4 is 49.0 Å². The zero-order valence-electron chi connectivity index (χ0n) is 20.0. The van der Waals surface area contributed by atoms with E-state index in [4.69, 9.17) is 0 Å². The van der Waals surface area contributed by atoms with Gasteiger partial charge in [0, 0.05) is 16.8 Å². The van der Waals surface area contributed by atoms with E-state index in [1.54, 1.807) is 6.07 Å². The first-order valence-corrected chi connectivity index (χ1v) is 12.7. The highest BCUT2D eigenvalue weighted by molar-refractivity contribution is 6.26. The fraction of sp³-hybridized carbons (Fsp3) is 0.323. The smallest absolute Gasteiger partial charge is 0.224 e. The number of para-hydroxylation sites is 1. The van der Waals surface area contributed by atoms with Gasteiger partial charge in [0.15, 0.2) is 6.20 Å². The average Bonchev–Trinajstić information content (AvgIpc) is 3.55. The molecule has 3 aromatic heterocycles. The maximum Gasteiger partial charge on any atom is 0.224 e. The lowest BCUT2D eigenvalue weighted by atomic mass is 9.82. The summed E-state index contributed by atoms with van der Waals surface area (Å²) in [6.45, 7) is 4.40. The highest BCUT2D eigenvalue weighted by Gasteiger charge is 2.40. The fourth-order valence-corrected chi connectivity index (χ4v) is 7.79. The first-order chi connectivity index (χ1) is 16.5. The molecule has 0 radical (unpaired) electrons. The molecule has 0 aliphatic heterocycles. The Morgan fingerprint density at radius 1 is 0.941 bits per heavy atom. The third-order valence-corrected chi connectivity index (χ3v) is 9.42. The maximum absolute atomic E-state index is 15.6. The molecule has 8 rings (SSSR count). The Labute approximate surface area is 197 Å². The van der Waals surface area contributed by atoms with Gasteiger partial charge >= 0.3 is 0 Å². The van der Waals surface area contributed by atoms with Crippen LogP contribution in [0.15, 0.2) is 48.7 Å². The number of hydrogen-bond acceptors (Lipinski definition) is 0. The van der Waals surface area contributed by atoms with Gasteiger partial charge < -0.3 is 4.40 Å². The van der Waals surface area contributed by atoms with Crippen LogP contribution in [0.5, 0.6) is 0 Å². The molecule has 0 saturated heterocycles. The Morgan fingerprint density at radius 3 is 2.62 bits per heavy atom. The number of benzene rings is 3. The van der Waals surface area contributed by atoms with E-state index in [0.29, 0.717) is 11.4 Å². The minimum Gasteiger partial charge on any atom is -0.305 e.